The van der Waals surface area contributed by atoms with Crippen LogP contribution < -0.4 is 4.74 Å². The van der Waals surface area contributed by atoms with Crippen LogP contribution in [0.1, 0.15) is 67.4 Å². The molecule has 0 unspecified atom stereocenters. The third kappa shape index (κ3) is 6.43. The Kier molecular flexibility index (Phi) is 9.25. The predicted octanol–water partition coefficient (Wildman–Crippen LogP) is 6.26. The van der Waals surface area contributed by atoms with Crippen molar-refractivity contribution in [2.75, 3.05) is 33.3 Å². The quantitative estimate of drug-likeness (QED) is 0.310. The van der Waals surface area contributed by atoms with E-state index in [9.17, 15) is 31.5 Å². The van der Waals surface area contributed by atoms with Crippen molar-refractivity contribution in [3.63, 3.8) is 0 Å². The summed E-state index contributed by atoms with van der Waals surface area (Å²) in [4.78, 5) is 22.2. The molecule has 0 amide bonds. The minimum absolute atomic E-state index is 0.0161. The van der Waals surface area contributed by atoms with Crippen LogP contribution in [-0.2, 0) is 22.6 Å². The molecule has 2 saturated heterocycles. The molecule has 238 valence electrons. The molecule has 2 fully saturated rings. The molecule has 2 aromatic carbocycles. The lowest BCUT2D eigenvalue weighted by molar-refractivity contribution is -0.137. The van der Waals surface area contributed by atoms with Gasteiger partial charge in [0.25, 0.3) is 0 Å². The van der Waals surface area contributed by atoms with E-state index in [0.717, 1.165) is 38.1 Å². The molecule has 2 aliphatic heterocycles. The molecule has 0 spiro atoms. The molecule has 3 aromatic rings. The number of ether oxygens (including phenoxy) is 1. The first kappa shape index (κ1) is 32.2. The van der Waals surface area contributed by atoms with Gasteiger partial charge in [-0.15, -0.1) is 0 Å². The van der Waals surface area contributed by atoms with Gasteiger partial charge in [0.1, 0.15) is 10.6 Å². The van der Waals surface area contributed by atoms with Gasteiger partial charge in [-0.2, -0.15) is 13.2 Å². The first-order chi connectivity index (χ1) is 20.8. The number of aromatic nitrogens is 1. The van der Waals surface area contributed by atoms with E-state index < -0.39 is 32.8 Å². The summed E-state index contributed by atoms with van der Waals surface area (Å²) in [5.41, 5.74) is -0.455. The Hall–Kier alpha value is -3.22. The fourth-order valence-corrected chi connectivity index (χ4v) is 7.59. The monoisotopic (exact) mass is 633 g/mol. The number of nitrogens with zero attached hydrogens (tertiary/aromatic N) is 3. The van der Waals surface area contributed by atoms with Gasteiger partial charge < -0.3 is 14.7 Å². The van der Waals surface area contributed by atoms with Gasteiger partial charge in [0, 0.05) is 35.2 Å². The average molecular weight is 634 g/mol. The van der Waals surface area contributed by atoms with Gasteiger partial charge in [0.2, 0.25) is 0 Å². The van der Waals surface area contributed by atoms with Crippen LogP contribution in [0.2, 0.25) is 0 Å². The molecule has 1 aromatic heterocycles. The number of hydrogen-bond donors (Lipinski definition) is 1. The zero-order valence-corrected chi connectivity index (χ0v) is 26.0. The number of fused-ring (bicyclic) bond motifs is 1. The molecule has 0 aliphatic carbocycles. The number of hydrogen-bond acceptors (Lipinski definition) is 7. The predicted molar refractivity (Wildman–Crippen MR) is 162 cm³/mol. The fraction of sp³-hybridized carbons (Fsp3) is 0.500. The van der Waals surface area contributed by atoms with Crippen LogP contribution in [0, 0.1) is 0 Å². The molecular formula is C32H38F3N3O5S. The Morgan fingerprint density at radius 3 is 2.34 bits per heavy atom. The van der Waals surface area contributed by atoms with E-state index in [2.05, 4.69) is 9.80 Å². The third-order valence-corrected chi connectivity index (χ3v) is 11.0. The number of likely N-dealkylation sites (tertiary alicyclic amines) is 2. The number of halogens is 3. The number of carboxylic acids is 1. The van der Waals surface area contributed by atoms with Crippen molar-refractivity contribution >= 4 is 26.7 Å². The van der Waals surface area contributed by atoms with E-state index in [4.69, 9.17) is 9.72 Å². The number of alkyl halides is 3. The number of sulfone groups is 1. The first-order valence-corrected chi connectivity index (χ1v) is 16.5. The Morgan fingerprint density at radius 1 is 1.07 bits per heavy atom. The number of methoxy groups -OCH3 is 1. The smallest absolute Gasteiger partial charge is 0.416 e. The molecule has 0 radical (unpaired) electrons. The minimum atomic E-state index is -4.61. The van der Waals surface area contributed by atoms with Gasteiger partial charge >= 0.3 is 12.1 Å². The number of piperidine rings is 2. The lowest BCUT2D eigenvalue weighted by Crippen LogP contribution is -2.46. The third-order valence-electron chi connectivity index (χ3n) is 8.82. The summed E-state index contributed by atoms with van der Waals surface area (Å²) >= 11 is 0. The average Bonchev–Trinajstić information content (AvgIpc) is 3.00. The molecule has 0 bridgehead atoms. The van der Waals surface area contributed by atoms with Crippen LogP contribution in [0.3, 0.4) is 0 Å². The zero-order valence-electron chi connectivity index (χ0n) is 25.2. The highest BCUT2D eigenvalue weighted by atomic mass is 32.2. The molecule has 8 nitrogen and oxygen atoms in total. The van der Waals surface area contributed by atoms with Crippen molar-refractivity contribution in [2.24, 2.45) is 0 Å². The summed E-state index contributed by atoms with van der Waals surface area (Å²) in [6.45, 7) is 6.71. The second-order valence-corrected chi connectivity index (χ2v) is 14.4. The molecule has 5 rings (SSSR count). The Balaban J connectivity index is 1.67. The molecule has 1 N–H and O–H groups in total. The number of benzene rings is 2. The van der Waals surface area contributed by atoms with Crippen LogP contribution in [0.5, 0.6) is 5.75 Å². The number of carbonyl (C=O) groups is 1. The molecule has 2 aliphatic rings. The highest BCUT2D eigenvalue weighted by molar-refractivity contribution is 7.92. The summed E-state index contributed by atoms with van der Waals surface area (Å²) in [7, 11) is -2.58. The van der Waals surface area contributed by atoms with Gasteiger partial charge in [-0.25, -0.2) is 18.2 Å². The van der Waals surface area contributed by atoms with Gasteiger partial charge in [-0.3, -0.25) is 4.90 Å². The number of aromatic carboxylic acids is 1. The first-order valence-electron chi connectivity index (χ1n) is 15.0. The summed E-state index contributed by atoms with van der Waals surface area (Å²) < 4.78 is 73.1. The number of carboxylic acid groups (broad SMARTS) is 1. The van der Waals surface area contributed by atoms with Crippen LogP contribution in [0.15, 0.2) is 41.3 Å². The molecule has 0 saturated carbocycles. The topological polar surface area (TPSA) is 100 Å². The minimum Gasteiger partial charge on any atom is -0.495 e. The van der Waals surface area contributed by atoms with E-state index in [0.29, 0.717) is 19.1 Å². The van der Waals surface area contributed by atoms with Gasteiger partial charge in [-0.1, -0.05) is 18.6 Å². The maximum absolute atomic E-state index is 13.7. The van der Waals surface area contributed by atoms with Gasteiger partial charge in [0.05, 0.1) is 34.7 Å². The van der Waals surface area contributed by atoms with Crippen LogP contribution in [-0.4, -0.2) is 78.9 Å². The summed E-state index contributed by atoms with van der Waals surface area (Å²) in [6, 6.07) is 7.76. The van der Waals surface area contributed by atoms with Crippen molar-refractivity contribution < 1.29 is 36.2 Å². The normalized spacial score (nSPS) is 17.8. The van der Waals surface area contributed by atoms with Crippen molar-refractivity contribution in [1.29, 1.82) is 0 Å². The van der Waals surface area contributed by atoms with Gasteiger partial charge in [0.15, 0.2) is 9.84 Å². The molecule has 44 heavy (non-hydrogen) atoms. The van der Waals surface area contributed by atoms with Crippen molar-refractivity contribution in [1.82, 2.24) is 14.8 Å². The lowest BCUT2D eigenvalue weighted by atomic mass is 9.94. The lowest BCUT2D eigenvalue weighted by Gasteiger charge is -2.40. The highest BCUT2D eigenvalue weighted by Crippen LogP contribution is 2.39. The van der Waals surface area contributed by atoms with Crippen LogP contribution >= 0.6 is 0 Å². The molecule has 12 heteroatoms. The Morgan fingerprint density at radius 2 is 1.75 bits per heavy atom. The van der Waals surface area contributed by atoms with E-state index in [1.165, 1.54) is 64.5 Å². The van der Waals surface area contributed by atoms with E-state index in [1.54, 1.807) is 0 Å². The molecule has 0 atom stereocenters. The van der Waals surface area contributed by atoms with Crippen molar-refractivity contribution in [3.8, 4) is 17.0 Å². The fourth-order valence-electron chi connectivity index (χ4n) is 6.38. The zero-order chi connectivity index (χ0) is 31.8. The Bertz CT molecular complexity index is 1650. The van der Waals surface area contributed by atoms with Crippen LogP contribution in [0.25, 0.3) is 22.2 Å². The second-order valence-electron chi connectivity index (χ2n) is 11.9. The van der Waals surface area contributed by atoms with E-state index in [1.807, 2.05) is 0 Å². The standard InChI is InChI=1S/C32H38F3N3O5S/c1-20(2)44(41,42)28-17-24-26(18-27(28)43-3)36-30(21-8-7-9-22(16-21)32(33,34)35)25(29(24)31(39)40)19-37-14-10-23(11-15-37)38-12-5-4-6-13-38/h7-9,16-18,20,23H,4-6,10-15,19H2,1-3H3,(H,39,40). The SMILES string of the molecule is COc1cc2nc(-c3cccc(C(F)(F)F)c3)c(CN3CCC(N4CCCCC4)CC3)c(C(=O)O)c2cc1S(=O)(=O)C(C)C. The van der Waals surface area contributed by atoms with Crippen molar-refractivity contribution in [3.05, 3.63) is 53.1 Å². The molecular weight excluding hydrogens is 595 g/mol. The summed E-state index contributed by atoms with van der Waals surface area (Å²) in [6.07, 6.45) is 0.802. The Labute approximate surface area is 255 Å². The largest absolute Gasteiger partial charge is 0.495 e. The summed E-state index contributed by atoms with van der Waals surface area (Å²) in [5.74, 6) is -1.33. The van der Waals surface area contributed by atoms with E-state index >= 15 is 0 Å². The second kappa shape index (κ2) is 12.6. The van der Waals surface area contributed by atoms with Crippen molar-refractivity contribution in [2.45, 2.75) is 74.9 Å². The number of pyridine rings is 1. The highest BCUT2D eigenvalue weighted by Gasteiger charge is 2.33. The number of rotatable bonds is 8. The maximum atomic E-state index is 13.7. The van der Waals surface area contributed by atoms with E-state index in [-0.39, 0.29) is 50.5 Å². The maximum Gasteiger partial charge on any atom is 0.416 e. The molecule has 3 heterocycles. The summed E-state index contributed by atoms with van der Waals surface area (Å²) in [5, 5.41) is 9.86. The van der Waals surface area contributed by atoms with Crippen LogP contribution in [0.4, 0.5) is 13.2 Å². The van der Waals surface area contributed by atoms with Gasteiger partial charge in [-0.05, 0) is 83.9 Å².